The lowest BCUT2D eigenvalue weighted by Crippen LogP contribution is -2.31. The van der Waals surface area contributed by atoms with Crippen molar-refractivity contribution in [2.24, 2.45) is 11.8 Å². The van der Waals surface area contributed by atoms with Gasteiger partial charge in [0.1, 0.15) is 11.6 Å². The van der Waals surface area contributed by atoms with Gasteiger partial charge >= 0.3 is 0 Å². The zero-order valence-electron chi connectivity index (χ0n) is 11.9. The predicted molar refractivity (Wildman–Crippen MR) is 73.6 cm³/mol. The predicted octanol–water partition coefficient (Wildman–Crippen LogP) is 2.30. The first-order valence-electron chi connectivity index (χ1n) is 7.39. The molecule has 0 radical (unpaired) electrons. The third kappa shape index (κ3) is 2.67. The fourth-order valence-electron chi connectivity index (χ4n) is 3.27. The molecule has 0 bridgehead atoms. The minimum absolute atomic E-state index is 0.0363. The number of rotatable bonds is 3. The summed E-state index contributed by atoms with van der Waals surface area (Å²) in [7, 11) is 0. The molecular formula is C16H19F2NO2. The van der Waals surface area contributed by atoms with E-state index in [1.54, 1.807) is 11.8 Å². The number of aliphatic hydroxyl groups is 1. The molecule has 4 atom stereocenters. The summed E-state index contributed by atoms with van der Waals surface area (Å²) in [6.45, 7) is 2.89. The molecule has 1 aliphatic carbocycles. The van der Waals surface area contributed by atoms with Crippen molar-refractivity contribution < 1.29 is 18.7 Å². The monoisotopic (exact) mass is 295 g/mol. The highest BCUT2D eigenvalue weighted by Crippen LogP contribution is 2.50. The van der Waals surface area contributed by atoms with Gasteiger partial charge in [-0.15, -0.1) is 0 Å². The van der Waals surface area contributed by atoms with Crippen LogP contribution in [0.5, 0.6) is 0 Å². The highest BCUT2D eigenvalue weighted by Gasteiger charge is 2.49. The molecule has 114 valence electrons. The van der Waals surface area contributed by atoms with Crippen molar-refractivity contribution in [3.8, 4) is 0 Å². The summed E-state index contributed by atoms with van der Waals surface area (Å²) in [5.74, 6) is -1.73. The minimum Gasteiger partial charge on any atom is -0.393 e. The quantitative estimate of drug-likeness (QED) is 0.929. The summed E-state index contributed by atoms with van der Waals surface area (Å²) >= 11 is 0. The summed E-state index contributed by atoms with van der Waals surface area (Å²) in [5, 5.41) is 9.57. The Kier molecular flexibility index (Phi) is 3.69. The van der Waals surface area contributed by atoms with Gasteiger partial charge in [0.2, 0.25) is 5.91 Å². The van der Waals surface area contributed by atoms with E-state index in [-0.39, 0.29) is 29.2 Å². The van der Waals surface area contributed by atoms with Crippen LogP contribution in [0.25, 0.3) is 0 Å². The van der Waals surface area contributed by atoms with Crippen LogP contribution in [0.4, 0.5) is 8.78 Å². The largest absolute Gasteiger partial charge is 0.393 e. The van der Waals surface area contributed by atoms with E-state index >= 15 is 0 Å². The zero-order chi connectivity index (χ0) is 15.1. The SMILES string of the molecule is CC(O)C1CCN(C(=O)C2CC2c2c(F)cccc2F)C1. The third-order valence-corrected chi connectivity index (χ3v) is 4.70. The molecule has 3 nitrogen and oxygen atoms in total. The summed E-state index contributed by atoms with van der Waals surface area (Å²) in [5.41, 5.74) is 0.0436. The van der Waals surface area contributed by atoms with Crippen molar-refractivity contribution in [3.05, 3.63) is 35.4 Å². The molecule has 1 saturated carbocycles. The Morgan fingerprint density at radius 2 is 2.05 bits per heavy atom. The number of carbonyl (C=O) groups excluding carboxylic acids is 1. The van der Waals surface area contributed by atoms with Crippen LogP contribution >= 0.6 is 0 Å². The molecule has 2 aliphatic rings. The zero-order valence-corrected chi connectivity index (χ0v) is 11.9. The average molecular weight is 295 g/mol. The van der Waals surface area contributed by atoms with Gasteiger partial charge in [0.05, 0.1) is 6.10 Å². The van der Waals surface area contributed by atoms with Crippen LogP contribution in [-0.2, 0) is 4.79 Å². The van der Waals surface area contributed by atoms with Crippen LogP contribution < -0.4 is 0 Å². The number of likely N-dealkylation sites (tertiary alicyclic amines) is 1. The second-order valence-electron chi connectivity index (χ2n) is 6.16. The lowest BCUT2D eigenvalue weighted by atomic mass is 10.0. The van der Waals surface area contributed by atoms with E-state index in [4.69, 9.17) is 0 Å². The Labute approximate surface area is 122 Å². The molecule has 2 fully saturated rings. The molecule has 1 aliphatic heterocycles. The lowest BCUT2D eigenvalue weighted by Gasteiger charge is -2.18. The second kappa shape index (κ2) is 5.37. The molecular weight excluding hydrogens is 276 g/mol. The summed E-state index contributed by atoms with van der Waals surface area (Å²) in [6, 6.07) is 3.80. The van der Waals surface area contributed by atoms with E-state index in [9.17, 15) is 18.7 Å². The number of nitrogens with zero attached hydrogens (tertiary/aromatic N) is 1. The molecule has 5 heteroatoms. The topological polar surface area (TPSA) is 40.5 Å². The highest BCUT2D eigenvalue weighted by atomic mass is 19.1. The molecule has 1 aromatic carbocycles. The van der Waals surface area contributed by atoms with Gasteiger partial charge in [0.25, 0.3) is 0 Å². The van der Waals surface area contributed by atoms with E-state index in [1.165, 1.54) is 18.2 Å². The van der Waals surface area contributed by atoms with E-state index in [0.717, 1.165) is 6.42 Å². The smallest absolute Gasteiger partial charge is 0.226 e. The van der Waals surface area contributed by atoms with Gasteiger partial charge in [-0.3, -0.25) is 4.79 Å². The first-order chi connectivity index (χ1) is 9.99. The number of halogens is 2. The van der Waals surface area contributed by atoms with Crippen molar-refractivity contribution in [2.45, 2.75) is 31.8 Å². The van der Waals surface area contributed by atoms with Crippen molar-refractivity contribution in [3.63, 3.8) is 0 Å². The highest BCUT2D eigenvalue weighted by molar-refractivity contribution is 5.83. The number of hydrogen-bond acceptors (Lipinski definition) is 2. The third-order valence-electron chi connectivity index (χ3n) is 4.70. The summed E-state index contributed by atoms with van der Waals surface area (Å²) in [6.07, 6.45) is 0.864. The van der Waals surface area contributed by atoms with Gasteiger partial charge < -0.3 is 10.0 Å². The molecule has 0 aromatic heterocycles. The van der Waals surface area contributed by atoms with Crippen LogP contribution in [-0.4, -0.2) is 35.1 Å². The molecule has 1 N–H and O–H groups in total. The maximum absolute atomic E-state index is 13.7. The summed E-state index contributed by atoms with van der Waals surface area (Å²) in [4.78, 5) is 14.1. The van der Waals surface area contributed by atoms with Gasteiger partial charge in [-0.2, -0.15) is 0 Å². The number of amides is 1. The lowest BCUT2D eigenvalue weighted by molar-refractivity contribution is -0.131. The maximum atomic E-state index is 13.7. The number of benzene rings is 1. The molecule has 21 heavy (non-hydrogen) atoms. The van der Waals surface area contributed by atoms with Crippen molar-refractivity contribution in [1.82, 2.24) is 4.90 Å². The van der Waals surface area contributed by atoms with Crippen molar-refractivity contribution >= 4 is 5.91 Å². The maximum Gasteiger partial charge on any atom is 0.226 e. The van der Waals surface area contributed by atoms with Crippen molar-refractivity contribution in [1.29, 1.82) is 0 Å². The Morgan fingerprint density at radius 3 is 2.62 bits per heavy atom. The van der Waals surface area contributed by atoms with E-state index in [0.29, 0.717) is 19.5 Å². The van der Waals surface area contributed by atoms with Gasteiger partial charge in [-0.05, 0) is 31.9 Å². The second-order valence-corrected chi connectivity index (χ2v) is 6.16. The van der Waals surface area contributed by atoms with Gasteiger partial charge in [-0.1, -0.05) is 6.07 Å². The Morgan fingerprint density at radius 1 is 1.38 bits per heavy atom. The first kappa shape index (κ1) is 14.4. The number of aliphatic hydroxyl groups excluding tert-OH is 1. The summed E-state index contributed by atoms with van der Waals surface area (Å²) < 4.78 is 27.5. The Bertz CT molecular complexity index is 541. The molecule has 4 unspecified atom stereocenters. The van der Waals surface area contributed by atoms with Gasteiger partial charge in [0, 0.05) is 36.4 Å². The fourth-order valence-corrected chi connectivity index (χ4v) is 3.27. The van der Waals surface area contributed by atoms with Crippen LogP contribution in [0.3, 0.4) is 0 Å². The molecule has 1 saturated heterocycles. The van der Waals surface area contributed by atoms with E-state index < -0.39 is 17.7 Å². The van der Waals surface area contributed by atoms with Crippen molar-refractivity contribution in [2.75, 3.05) is 13.1 Å². The normalized spacial score (nSPS) is 29.5. The first-order valence-corrected chi connectivity index (χ1v) is 7.39. The van der Waals surface area contributed by atoms with E-state index in [2.05, 4.69) is 0 Å². The van der Waals surface area contributed by atoms with Gasteiger partial charge in [-0.25, -0.2) is 8.78 Å². The standard InChI is InChI=1S/C16H19F2NO2/c1-9(20)10-5-6-19(8-10)16(21)12-7-11(12)15-13(17)3-2-4-14(15)18/h2-4,9-12,20H,5-8H2,1H3. The Hall–Kier alpha value is -1.49. The molecule has 3 rings (SSSR count). The molecule has 1 aromatic rings. The van der Waals surface area contributed by atoms with Crippen LogP contribution in [0.2, 0.25) is 0 Å². The van der Waals surface area contributed by atoms with Crippen LogP contribution in [0.1, 0.15) is 31.2 Å². The number of hydrogen-bond donors (Lipinski definition) is 1. The van der Waals surface area contributed by atoms with Crippen LogP contribution in [0, 0.1) is 23.5 Å². The Balaban J connectivity index is 1.67. The van der Waals surface area contributed by atoms with Gasteiger partial charge in [0.15, 0.2) is 0 Å². The van der Waals surface area contributed by atoms with Crippen LogP contribution in [0.15, 0.2) is 18.2 Å². The molecule has 1 amide bonds. The van der Waals surface area contributed by atoms with E-state index in [1.807, 2.05) is 0 Å². The fraction of sp³-hybridized carbons (Fsp3) is 0.562. The average Bonchev–Trinajstić information content (AvgIpc) is 3.03. The molecule has 0 spiro atoms. The molecule has 1 heterocycles. The minimum atomic E-state index is -0.571. The number of carbonyl (C=O) groups is 1.